The van der Waals surface area contributed by atoms with Gasteiger partial charge in [-0.25, -0.2) is 0 Å². The van der Waals surface area contributed by atoms with Gasteiger partial charge in [-0.2, -0.15) is 0 Å². The number of carbonyl (C=O) groups is 1. The highest BCUT2D eigenvalue weighted by Gasteiger charge is 2.46. The first-order chi connectivity index (χ1) is 11.0. The van der Waals surface area contributed by atoms with E-state index >= 15 is 0 Å². The van der Waals surface area contributed by atoms with Gasteiger partial charge in [0, 0.05) is 19.3 Å². The zero-order chi connectivity index (χ0) is 16.8. The van der Waals surface area contributed by atoms with Gasteiger partial charge >= 0.3 is 0 Å². The van der Waals surface area contributed by atoms with Gasteiger partial charge in [-0.3, -0.25) is 0 Å². The summed E-state index contributed by atoms with van der Waals surface area (Å²) in [6, 6.07) is 0. The van der Waals surface area contributed by atoms with Crippen LogP contribution in [0.4, 0.5) is 0 Å². The third kappa shape index (κ3) is 5.27. The molecule has 134 valence electrons. The van der Waals surface area contributed by atoms with Crippen LogP contribution in [0.5, 0.6) is 0 Å². The van der Waals surface area contributed by atoms with Crippen molar-refractivity contribution in [2.45, 2.75) is 84.0 Å². The zero-order valence-electron chi connectivity index (χ0n) is 15.2. The molecule has 2 rings (SSSR count). The van der Waals surface area contributed by atoms with Crippen LogP contribution in [0.3, 0.4) is 0 Å². The summed E-state index contributed by atoms with van der Waals surface area (Å²) in [7, 11) is 0. The molecule has 23 heavy (non-hydrogen) atoms. The minimum atomic E-state index is -0.289. The summed E-state index contributed by atoms with van der Waals surface area (Å²) in [5.41, 5.74) is 0.436. The molecule has 0 radical (unpaired) electrons. The van der Waals surface area contributed by atoms with E-state index in [-0.39, 0.29) is 11.9 Å². The van der Waals surface area contributed by atoms with Crippen LogP contribution in [-0.2, 0) is 14.3 Å². The quantitative estimate of drug-likeness (QED) is 0.519. The van der Waals surface area contributed by atoms with Gasteiger partial charge in [0.1, 0.15) is 6.29 Å². The molecule has 1 unspecified atom stereocenters. The maximum Gasteiger partial charge on any atom is 0.168 e. The molecule has 0 amide bonds. The molecule has 0 bridgehead atoms. The minimum Gasteiger partial charge on any atom is -0.347 e. The van der Waals surface area contributed by atoms with Crippen LogP contribution >= 0.6 is 0 Å². The number of aldehydes is 1. The average Bonchev–Trinajstić information content (AvgIpc) is 2.94. The minimum absolute atomic E-state index is 0.226. The van der Waals surface area contributed by atoms with Gasteiger partial charge in [0.2, 0.25) is 0 Å². The summed E-state index contributed by atoms with van der Waals surface area (Å²) in [6.07, 6.45) is 9.54. The lowest BCUT2D eigenvalue weighted by molar-refractivity contribution is -0.197. The van der Waals surface area contributed by atoms with Gasteiger partial charge in [0.15, 0.2) is 5.79 Å². The molecule has 1 heterocycles. The topological polar surface area (TPSA) is 47.6 Å². The molecule has 1 saturated carbocycles. The van der Waals surface area contributed by atoms with Gasteiger partial charge in [0.25, 0.3) is 0 Å². The largest absolute Gasteiger partial charge is 0.347 e. The number of ether oxygens (including phenoxy) is 2. The third-order valence-electron chi connectivity index (χ3n) is 6.00. The molecule has 0 aromatic heterocycles. The van der Waals surface area contributed by atoms with E-state index in [4.69, 9.17) is 9.47 Å². The summed E-state index contributed by atoms with van der Waals surface area (Å²) < 4.78 is 12.4. The van der Waals surface area contributed by atoms with Crippen molar-refractivity contribution in [2.24, 2.45) is 11.3 Å². The van der Waals surface area contributed by atoms with Gasteiger partial charge in [-0.1, -0.05) is 27.2 Å². The zero-order valence-corrected chi connectivity index (χ0v) is 15.2. The van der Waals surface area contributed by atoms with E-state index in [2.05, 4.69) is 26.1 Å². The molecule has 1 aliphatic heterocycles. The summed E-state index contributed by atoms with van der Waals surface area (Å²) in [4.78, 5) is 10.3. The van der Waals surface area contributed by atoms with E-state index in [1.165, 1.54) is 19.3 Å². The highest BCUT2D eigenvalue weighted by Crippen LogP contribution is 2.47. The summed E-state index contributed by atoms with van der Waals surface area (Å²) in [5, 5.41) is 3.38. The van der Waals surface area contributed by atoms with Crippen molar-refractivity contribution >= 4 is 6.29 Å². The Balaban J connectivity index is 1.66. The van der Waals surface area contributed by atoms with E-state index in [0.29, 0.717) is 11.8 Å². The fourth-order valence-electron chi connectivity index (χ4n) is 3.85. The van der Waals surface area contributed by atoms with Crippen LogP contribution in [0.25, 0.3) is 0 Å². The summed E-state index contributed by atoms with van der Waals surface area (Å²) in [6.45, 7) is 9.67. The highest BCUT2D eigenvalue weighted by molar-refractivity contribution is 5.48. The Labute approximate surface area is 141 Å². The van der Waals surface area contributed by atoms with Crippen LogP contribution in [0.1, 0.15) is 72.1 Å². The van der Waals surface area contributed by atoms with Crippen molar-refractivity contribution in [3.63, 3.8) is 0 Å². The molecular weight excluding hydrogens is 290 g/mol. The van der Waals surface area contributed by atoms with Gasteiger partial charge in [0.05, 0.1) is 12.7 Å². The molecule has 1 spiro atoms. The van der Waals surface area contributed by atoms with E-state index in [1.54, 1.807) is 0 Å². The van der Waals surface area contributed by atoms with Gasteiger partial charge in [-0.05, 0) is 50.1 Å². The van der Waals surface area contributed by atoms with Gasteiger partial charge in [-0.15, -0.1) is 0 Å². The Morgan fingerprint density at radius 1 is 1.26 bits per heavy atom. The van der Waals surface area contributed by atoms with Crippen molar-refractivity contribution in [2.75, 3.05) is 19.7 Å². The normalized spacial score (nSPS) is 31.6. The molecule has 2 fully saturated rings. The Bertz CT molecular complexity index is 362. The second kappa shape index (κ2) is 8.59. The van der Waals surface area contributed by atoms with Crippen molar-refractivity contribution in [3.05, 3.63) is 0 Å². The number of unbranched alkanes of at least 4 members (excludes halogenated alkanes) is 1. The SMILES string of the molecule is CCC(C)(C)C1CCC2(CC1)OCC(CCNCCCC=O)O2. The Hall–Kier alpha value is -0.450. The van der Waals surface area contributed by atoms with Crippen LogP contribution < -0.4 is 5.32 Å². The maximum absolute atomic E-state index is 10.3. The lowest BCUT2D eigenvalue weighted by atomic mass is 9.68. The molecular formula is C19H35NO3. The predicted molar refractivity (Wildman–Crippen MR) is 92.4 cm³/mol. The molecule has 1 aliphatic carbocycles. The Morgan fingerprint density at radius 3 is 2.65 bits per heavy atom. The molecule has 1 saturated heterocycles. The van der Waals surface area contributed by atoms with E-state index < -0.39 is 0 Å². The molecule has 1 atom stereocenters. The first-order valence-corrected chi connectivity index (χ1v) is 9.47. The van der Waals surface area contributed by atoms with Crippen LogP contribution in [0.2, 0.25) is 0 Å². The first-order valence-electron chi connectivity index (χ1n) is 9.47. The summed E-state index contributed by atoms with van der Waals surface area (Å²) >= 11 is 0. The number of nitrogens with one attached hydrogen (secondary N) is 1. The van der Waals surface area contributed by atoms with Crippen LogP contribution in [-0.4, -0.2) is 37.9 Å². The van der Waals surface area contributed by atoms with Crippen LogP contribution in [0, 0.1) is 11.3 Å². The second-order valence-electron chi connectivity index (χ2n) is 7.93. The predicted octanol–water partition coefficient (Wildman–Crippen LogP) is 3.68. The van der Waals surface area contributed by atoms with E-state index in [0.717, 1.165) is 57.6 Å². The standard InChI is InChI=1S/C19H35NO3/c1-4-18(2,3)16-7-10-19(11-8-16)22-15-17(23-19)9-13-20-12-5-6-14-21/h14,16-17,20H,4-13,15H2,1-3H3. The van der Waals surface area contributed by atoms with Crippen molar-refractivity contribution in [1.82, 2.24) is 5.32 Å². The highest BCUT2D eigenvalue weighted by atomic mass is 16.7. The van der Waals surface area contributed by atoms with Crippen LogP contribution in [0.15, 0.2) is 0 Å². The monoisotopic (exact) mass is 325 g/mol. The molecule has 4 heteroatoms. The van der Waals surface area contributed by atoms with Crippen molar-refractivity contribution in [1.29, 1.82) is 0 Å². The maximum atomic E-state index is 10.3. The smallest absolute Gasteiger partial charge is 0.168 e. The first kappa shape index (κ1) is 18.9. The Kier molecular flexibility index (Phi) is 7.05. The van der Waals surface area contributed by atoms with Gasteiger partial charge < -0.3 is 19.6 Å². The number of carbonyl (C=O) groups excluding carboxylic acids is 1. The molecule has 0 aromatic rings. The fourth-order valence-corrected chi connectivity index (χ4v) is 3.85. The molecule has 2 aliphatic rings. The third-order valence-corrected chi connectivity index (χ3v) is 6.00. The lowest BCUT2D eigenvalue weighted by Gasteiger charge is -2.42. The molecule has 1 N–H and O–H groups in total. The van der Waals surface area contributed by atoms with E-state index in [9.17, 15) is 4.79 Å². The Morgan fingerprint density at radius 2 is 2.00 bits per heavy atom. The number of rotatable bonds is 9. The fraction of sp³-hybridized carbons (Fsp3) is 0.947. The average molecular weight is 325 g/mol. The second-order valence-corrected chi connectivity index (χ2v) is 7.93. The van der Waals surface area contributed by atoms with Crippen molar-refractivity contribution < 1.29 is 14.3 Å². The molecule has 0 aromatic carbocycles. The lowest BCUT2D eigenvalue weighted by Crippen LogP contribution is -2.39. The van der Waals surface area contributed by atoms with E-state index in [1.807, 2.05) is 0 Å². The van der Waals surface area contributed by atoms with Crippen molar-refractivity contribution in [3.8, 4) is 0 Å². The number of hydrogen-bond acceptors (Lipinski definition) is 4. The number of hydrogen-bond donors (Lipinski definition) is 1. The molecule has 4 nitrogen and oxygen atoms in total. The summed E-state index contributed by atoms with van der Waals surface area (Å²) in [5.74, 6) is 0.506.